The number of urea groups is 1. The van der Waals surface area contributed by atoms with Crippen LogP contribution in [-0.2, 0) is 4.79 Å². The molecular weight excluding hydrogens is 296 g/mol. The van der Waals surface area contributed by atoms with E-state index in [4.69, 9.17) is 5.11 Å². The standard InChI is InChI=1S/C13H24N2O3S2/c1-13(2)5-6-15(7-9-20-13)12(18)14-10(11(16)17)4-8-19-3/h10H,4-9H2,1-3H3,(H,14,18)(H,16,17). The van der Waals surface area contributed by atoms with E-state index in [0.29, 0.717) is 19.5 Å². The molecular formula is C13H24N2O3S2. The molecule has 1 saturated heterocycles. The quantitative estimate of drug-likeness (QED) is 0.812. The number of carbonyl (C=O) groups is 2. The molecule has 0 saturated carbocycles. The summed E-state index contributed by atoms with van der Waals surface area (Å²) < 4.78 is 0.181. The van der Waals surface area contributed by atoms with Crippen LogP contribution in [0.2, 0.25) is 0 Å². The zero-order valence-corrected chi connectivity index (χ0v) is 14.0. The van der Waals surface area contributed by atoms with Crippen LogP contribution in [0.25, 0.3) is 0 Å². The number of rotatable bonds is 5. The Bertz CT molecular complexity index is 351. The van der Waals surface area contributed by atoms with Crippen LogP contribution in [0.4, 0.5) is 4.79 Å². The maximum absolute atomic E-state index is 12.2. The largest absolute Gasteiger partial charge is 0.480 e. The topological polar surface area (TPSA) is 69.6 Å². The molecule has 0 spiro atoms. The van der Waals surface area contributed by atoms with Gasteiger partial charge in [-0.1, -0.05) is 13.8 Å². The summed E-state index contributed by atoms with van der Waals surface area (Å²) in [4.78, 5) is 25.1. The molecule has 0 aromatic carbocycles. The lowest BCUT2D eigenvalue weighted by molar-refractivity contribution is -0.139. The van der Waals surface area contributed by atoms with Gasteiger partial charge in [0.05, 0.1) is 0 Å². The van der Waals surface area contributed by atoms with Gasteiger partial charge in [0.2, 0.25) is 0 Å². The van der Waals surface area contributed by atoms with Crippen molar-refractivity contribution in [2.75, 3.05) is 30.9 Å². The maximum atomic E-state index is 12.2. The third kappa shape index (κ3) is 5.83. The van der Waals surface area contributed by atoms with Crippen LogP contribution in [-0.4, -0.2) is 63.6 Å². The average Bonchev–Trinajstić information content (AvgIpc) is 2.55. The normalized spacial score (nSPS) is 20.1. The molecule has 0 aliphatic carbocycles. The molecule has 1 unspecified atom stereocenters. The summed E-state index contributed by atoms with van der Waals surface area (Å²) in [6.07, 6.45) is 3.30. The molecule has 1 heterocycles. The van der Waals surface area contributed by atoms with Gasteiger partial charge in [-0.2, -0.15) is 23.5 Å². The molecule has 0 aromatic heterocycles. The smallest absolute Gasteiger partial charge is 0.326 e. The first-order valence-electron chi connectivity index (χ1n) is 6.77. The Morgan fingerprint density at radius 1 is 1.45 bits per heavy atom. The minimum atomic E-state index is -0.961. The average molecular weight is 320 g/mol. The first-order valence-corrected chi connectivity index (χ1v) is 9.15. The van der Waals surface area contributed by atoms with Crippen molar-refractivity contribution >= 4 is 35.5 Å². The van der Waals surface area contributed by atoms with Crippen LogP contribution >= 0.6 is 23.5 Å². The van der Waals surface area contributed by atoms with Crippen molar-refractivity contribution in [2.24, 2.45) is 0 Å². The Morgan fingerprint density at radius 2 is 2.15 bits per heavy atom. The summed E-state index contributed by atoms with van der Waals surface area (Å²) in [6, 6.07) is -1.05. The summed E-state index contributed by atoms with van der Waals surface area (Å²) in [7, 11) is 0. The number of thioether (sulfide) groups is 2. The molecule has 0 radical (unpaired) electrons. The van der Waals surface area contributed by atoms with E-state index in [1.807, 2.05) is 18.0 Å². The molecule has 1 aliphatic heterocycles. The Balaban J connectivity index is 2.53. The highest BCUT2D eigenvalue weighted by atomic mass is 32.2. The Kier molecular flexibility index (Phi) is 7.02. The zero-order valence-electron chi connectivity index (χ0n) is 12.3. The van der Waals surface area contributed by atoms with Gasteiger partial charge in [0.1, 0.15) is 6.04 Å². The van der Waals surface area contributed by atoms with Crippen molar-refractivity contribution in [3.63, 3.8) is 0 Å². The van der Waals surface area contributed by atoms with Crippen molar-refractivity contribution in [1.29, 1.82) is 0 Å². The second-order valence-corrected chi connectivity index (χ2v) is 8.25. The predicted molar refractivity (Wildman–Crippen MR) is 85.7 cm³/mol. The van der Waals surface area contributed by atoms with Gasteiger partial charge in [-0.25, -0.2) is 9.59 Å². The summed E-state index contributed by atoms with van der Waals surface area (Å²) in [6.45, 7) is 5.71. The predicted octanol–water partition coefficient (Wildman–Crippen LogP) is 2.12. The van der Waals surface area contributed by atoms with E-state index in [2.05, 4.69) is 19.2 Å². The lowest BCUT2D eigenvalue weighted by Gasteiger charge is -2.24. The number of hydrogen-bond donors (Lipinski definition) is 2. The third-order valence-corrected chi connectivity index (χ3v) is 5.35. The number of carboxylic acids is 1. The molecule has 1 aliphatic rings. The molecule has 2 N–H and O–H groups in total. The molecule has 1 fully saturated rings. The molecule has 5 nitrogen and oxygen atoms in total. The molecule has 7 heteroatoms. The number of carbonyl (C=O) groups excluding carboxylic acids is 1. The summed E-state index contributed by atoms with van der Waals surface area (Å²) in [5, 5.41) is 11.8. The first kappa shape index (κ1) is 17.5. The monoisotopic (exact) mass is 320 g/mol. The van der Waals surface area contributed by atoms with E-state index >= 15 is 0 Å². The van der Waals surface area contributed by atoms with E-state index < -0.39 is 12.0 Å². The summed E-state index contributed by atoms with van der Waals surface area (Å²) >= 11 is 3.44. The van der Waals surface area contributed by atoms with E-state index in [1.54, 1.807) is 16.7 Å². The lowest BCUT2D eigenvalue weighted by Crippen LogP contribution is -2.48. The van der Waals surface area contributed by atoms with Crippen molar-refractivity contribution < 1.29 is 14.7 Å². The van der Waals surface area contributed by atoms with Gasteiger partial charge < -0.3 is 15.3 Å². The fourth-order valence-electron chi connectivity index (χ4n) is 1.96. The fourth-order valence-corrected chi connectivity index (χ4v) is 3.53. The number of hydrogen-bond acceptors (Lipinski definition) is 4. The first-order chi connectivity index (χ1) is 9.35. The molecule has 1 atom stereocenters. The van der Waals surface area contributed by atoms with Crippen LogP contribution in [0.1, 0.15) is 26.7 Å². The highest BCUT2D eigenvalue weighted by Gasteiger charge is 2.28. The van der Waals surface area contributed by atoms with Gasteiger partial charge >= 0.3 is 12.0 Å². The van der Waals surface area contributed by atoms with Crippen LogP contribution in [0.15, 0.2) is 0 Å². The number of carboxylic acid groups (broad SMARTS) is 1. The molecule has 0 bridgehead atoms. The molecule has 2 amide bonds. The van der Waals surface area contributed by atoms with Gasteiger partial charge in [-0.3, -0.25) is 0 Å². The van der Waals surface area contributed by atoms with Gasteiger partial charge in [0, 0.05) is 23.6 Å². The van der Waals surface area contributed by atoms with E-state index in [9.17, 15) is 9.59 Å². The molecule has 0 aromatic rings. The number of nitrogens with one attached hydrogen (secondary N) is 1. The highest BCUT2D eigenvalue weighted by Crippen LogP contribution is 2.30. The minimum Gasteiger partial charge on any atom is -0.480 e. The summed E-state index contributed by atoms with van der Waals surface area (Å²) in [5.74, 6) is 0.653. The highest BCUT2D eigenvalue weighted by molar-refractivity contribution is 8.00. The Labute approximate surface area is 129 Å². The molecule has 116 valence electrons. The number of aliphatic carboxylic acids is 1. The van der Waals surface area contributed by atoms with Gasteiger partial charge in [-0.05, 0) is 24.9 Å². The van der Waals surface area contributed by atoms with E-state index in [0.717, 1.165) is 17.9 Å². The second-order valence-electron chi connectivity index (χ2n) is 5.47. The van der Waals surface area contributed by atoms with E-state index in [1.165, 1.54) is 0 Å². The summed E-state index contributed by atoms with van der Waals surface area (Å²) in [5.41, 5.74) is 0. The fraction of sp³-hybridized carbons (Fsp3) is 0.846. The van der Waals surface area contributed by atoms with Crippen molar-refractivity contribution in [1.82, 2.24) is 10.2 Å². The maximum Gasteiger partial charge on any atom is 0.326 e. The van der Waals surface area contributed by atoms with Crippen LogP contribution in [0.3, 0.4) is 0 Å². The lowest BCUT2D eigenvalue weighted by atomic mass is 10.1. The van der Waals surface area contributed by atoms with Gasteiger partial charge in [0.25, 0.3) is 0 Å². The van der Waals surface area contributed by atoms with Crippen molar-refractivity contribution in [2.45, 2.75) is 37.5 Å². The zero-order chi connectivity index (χ0) is 15.2. The van der Waals surface area contributed by atoms with Crippen molar-refractivity contribution in [3.8, 4) is 0 Å². The van der Waals surface area contributed by atoms with E-state index in [-0.39, 0.29) is 10.8 Å². The second kappa shape index (κ2) is 8.02. The van der Waals surface area contributed by atoms with Crippen LogP contribution in [0.5, 0.6) is 0 Å². The number of nitrogens with zero attached hydrogens (tertiary/aromatic N) is 1. The number of amides is 2. The van der Waals surface area contributed by atoms with Crippen LogP contribution in [0, 0.1) is 0 Å². The van der Waals surface area contributed by atoms with Gasteiger partial charge in [0.15, 0.2) is 0 Å². The third-order valence-electron chi connectivity index (χ3n) is 3.33. The Hall–Kier alpha value is -0.560. The SMILES string of the molecule is CSCCC(NC(=O)N1CCSC(C)(C)CC1)C(=O)O. The molecule has 1 rings (SSSR count). The van der Waals surface area contributed by atoms with Crippen molar-refractivity contribution in [3.05, 3.63) is 0 Å². The molecule has 20 heavy (non-hydrogen) atoms. The minimum absolute atomic E-state index is 0.181. The van der Waals surface area contributed by atoms with Gasteiger partial charge in [-0.15, -0.1) is 0 Å². The van der Waals surface area contributed by atoms with Crippen LogP contribution < -0.4 is 5.32 Å². The Morgan fingerprint density at radius 3 is 2.75 bits per heavy atom.